The average molecular weight is 432 g/mol. The Kier molecular flexibility index (Phi) is 6.37. The van der Waals surface area contributed by atoms with E-state index in [1.54, 1.807) is 7.05 Å². The van der Waals surface area contributed by atoms with E-state index in [9.17, 15) is 21.6 Å². The van der Waals surface area contributed by atoms with Gasteiger partial charge in [-0.25, -0.2) is 8.42 Å². The zero-order chi connectivity index (χ0) is 21.1. The molecule has 1 aliphatic heterocycles. The minimum absolute atomic E-state index is 0.160. The Labute approximate surface area is 167 Å². The minimum Gasteiger partial charge on any atom is -0.461 e. The molecule has 0 bridgehead atoms. The standard InChI is InChI=1S/C18H23F3N4O3S/c1-22-17(23-9-6-15-12-13-4-2-3-5-16(13)28-15)24-14-7-10-25(11-8-14)29(26,27)18(19,20)21/h2-5,12,14H,6-11H2,1H3,(H2,22,23,24). The number of aliphatic imine (C=N–C) groups is 1. The maximum Gasteiger partial charge on any atom is 0.511 e. The first kappa shape index (κ1) is 21.4. The second-order valence-electron chi connectivity index (χ2n) is 6.77. The lowest BCUT2D eigenvalue weighted by molar-refractivity contribution is -0.0494. The Morgan fingerprint density at radius 3 is 2.59 bits per heavy atom. The lowest BCUT2D eigenvalue weighted by Crippen LogP contribution is -2.51. The Morgan fingerprint density at radius 2 is 1.97 bits per heavy atom. The van der Waals surface area contributed by atoms with Gasteiger partial charge in [0.25, 0.3) is 0 Å². The molecule has 0 radical (unpaired) electrons. The Morgan fingerprint density at radius 1 is 1.28 bits per heavy atom. The first-order valence-electron chi connectivity index (χ1n) is 9.22. The summed E-state index contributed by atoms with van der Waals surface area (Å²) in [4.78, 5) is 4.12. The molecule has 0 amide bonds. The van der Waals surface area contributed by atoms with E-state index >= 15 is 0 Å². The van der Waals surface area contributed by atoms with Crippen LogP contribution in [0.4, 0.5) is 13.2 Å². The van der Waals surface area contributed by atoms with Crippen molar-refractivity contribution in [1.29, 1.82) is 0 Å². The fourth-order valence-electron chi connectivity index (χ4n) is 3.24. The maximum atomic E-state index is 12.6. The second-order valence-corrected chi connectivity index (χ2v) is 8.70. The predicted octanol–water partition coefficient (Wildman–Crippen LogP) is 2.45. The molecule has 0 saturated carbocycles. The minimum atomic E-state index is -5.26. The predicted molar refractivity (Wildman–Crippen MR) is 104 cm³/mol. The summed E-state index contributed by atoms with van der Waals surface area (Å²) < 4.78 is 67.1. The summed E-state index contributed by atoms with van der Waals surface area (Å²) in [6.07, 6.45) is 1.16. The number of fused-ring (bicyclic) bond motifs is 1. The van der Waals surface area contributed by atoms with Gasteiger partial charge in [-0.2, -0.15) is 17.5 Å². The van der Waals surface area contributed by atoms with E-state index in [4.69, 9.17) is 4.42 Å². The zero-order valence-corrected chi connectivity index (χ0v) is 16.7. The number of rotatable bonds is 5. The molecular weight excluding hydrogens is 409 g/mol. The summed E-state index contributed by atoms with van der Waals surface area (Å²) in [7, 11) is -3.67. The molecule has 7 nitrogen and oxygen atoms in total. The lowest BCUT2D eigenvalue weighted by atomic mass is 10.1. The fourth-order valence-corrected chi connectivity index (χ4v) is 4.22. The Balaban J connectivity index is 1.46. The molecule has 1 saturated heterocycles. The third kappa shape index (κ3) is 5.02. The highest BCUT2D eigenvalue weighted by molar-refractivity contribution is 7.90. The monoisotopic (exact) mass is 432 g/mol. The van der Waals surface area contributed by atoms with Crippen LogP contribution in [0.15, 0.2) is 39.7 Å². The van der Waals surface area contributed by atoms with Crippen LogP contribution in [0.3, 0.4) is 0 Å². The van der Waals surface area contributed by atoms with Crippen LogP contribution in [0.2, 0.25) is 0 Å². The molecule has 2 heterocycles. The number of sulfonamides is 1. The van der Waals surface area contributed by atoms with Crippen LogP contribution in [0, 0.1) is 0 Å². The van der Waals surface area contributed by atoms with E-state index in [2.05, 4.69) is 15.6 Å². The van der Waals surface area contributed by atoms with Gasteiger partial charge >= 0.3 is 15.5 Å². The van der Waals surface area contributed by atoms with Crippen LogP contribution < -0.4 is 10.6 Å². The molecule has 0 spiro atoms. The topological polar surface area (TPSA) is 86.9 Å². The van der Waals surface area contributed by atoms with Crippen LogP contribution in [0.5, 0.6) is 0 Å². The van der Waals surface area contributed by atoms with E-state index in [0.717, 1.165) is 16.7 Å². The molecule has 11 heteroatoms. The van der Waals surface area contributed by atoms with Gasteiger partial charge in [-0.15, -0.1) is 0 Å². The van der Waals surface area contributed by atoms with Gasteiger partial charge in [-0.1, -0.05) is 18.2 Å². The molecule has 29 heavy (non-hydrogen) atoms. The number of hydrogen-bond donors (Lipinski definition) is 2. The molecule has 2 N–H and O–H groups in total. The van der Waals surface area contributed by atoms with Gasteiger partial charge in [0.05, 0.1) is 0 Å². The summed E-state index contributed by atoms with van der Waals surface area (Å²) in [6, 6.07) is 9.54. The van der Waals surface area contributed by atoms with Crippen molar-refractivity contribution in [3.63, 3.8) is 0 Å². The highest BCUT2D eigenvalue weighted by Gasteiger charge is 2.50. The van der Waals surface area contributed by atoms with Crippen LogP contribution in [-0.2, 0) is 16.4 Å². The van der Waals surface area contributed by atoms with E-state index in [1.807, 2.05) is 30.3 Å². The number of nitrogens with zero attached hydrogens (tertiary/aromatic N) is 2. The van der Waals surface area contributed by atoms with Gasteiger partial charge in [0, 0.05) is 44.5 Å². The first-order valence-corrected chi connectivity index (χ1v) is 10.7. The fraction of sp³-hybridized carbons (Fsp3) is 0.500. The van der Waals surface area contributed by atoms with Crippen molar-refractivity contribution >= 4 is 27.0 Å². The first-order chi connectivity index (χ1) is 13.7. The third-order valence-corrected chi connectivity index (χ3v) is 6.42. The van der Waals surface area contributed by atoms with Crippen molar-refractivity contribution in [3.8, 4) is 0 Å². The zero-order valence-electron chi connectivity index (χ0n) is 15.9. The number of furan rings is 1. The van der Waals surface area contributed by atoms with Crippen molar-refractivity contribution < 1.29 is 26.0 Å². The van der Waals surface area contributed by atoms with Crippen LogP contribution >= 0.6 is 0 Å². The number of hydrogen-bond acceptors (Lipinski definition) is 4. The number of nitrogens with one attached hydrogen (secondary N) is 2. The normalized spacial score (nSPS) is 17.6. The molecule has 0 atom stereocenters. The molecule has 1 aliphatic rings. The van der Waals surface area contributed by atoms with Gasteiger partial charge in [0.2, 0.25) is 0 Å². The number of benzene rings is 1. The summed E-state index contributed by atoms with van der Waals surface area (Å²) in [5, 5.41) is 7.31. The highest BCUT2D eigenvalue weighted by atomic mass is 32.2. The van der Waals surface area contributed by atoms with Gasteiger partial charge in [-0.3, -0.25) is 4.99 Å². The van der Waals surface area contributed by atoms with Crippen molar-refractivity contribution in [2.24, 2.45) is 4.99 Å². The van der Waals surface area contributed by atoms with E-state index in [1.165, 1.54) is 0 Å². The third-order valence-electron chi connectivity index (χ3n) is 4.79. The SMILES string of the molecule is CN=C(NCCc1cc2ccccc2o1)NC1CCN(S(=O)(=O)C(F)(F)F)CC1. The number of para-hydroxylation sites is 1. The van der Waals surface area contributed by atoms with E-state index in [0.29, 0.717) is 23.2 Å². The number of piperidine rings is 1. The molecule has 0 unspecified atom stereocenters. The largest absolute Gasteiger partial charge is 0.511 e. The Bertz CT molecular complexity index is 931. The van der Waals surface area contributed by atoms with E-state index < -0.39 is 15.5 Å². The van der Waals surface area contributed by atoms with Crippen molar-refractivity contribution in [2.45, 2.75) is 30.8 Å². The summed E-state index contributed by atoms with van der Waals surface area (Å²) in [6.45, 7) is 0.186. The van der Waals surface area contributed by atoms with Gasteiger partial charge < -0.3 is 15.1 Å². The van der Waals surface area contributed by atoms with Gasteiger partial charge in [0.1, 0.15) is 11.3 Å². The van der Waals surface area contributed by atoms with E-state index in [-0.39, 0.29) is 32.0 Å². The van der Waals surface area contributed by atoms with Crippen LogP contribution in [0.1, 0.15) is 18.6 Å². The maximum absolute atomic E-state index is 12.6. The Hall–Kier alpha value is -2.27. The summed E-state index contributed by atoms with van der Waals surface area (Å²) in [5.41, 5.74) is -4.44. The molecule has 0 aliphatic carbocycles. The molecule has 1 fully saturated rings. The summed E-state index contributed by atoms with van der Waals surface area (Å²) in [5.74, 6) is 1.35. The molecule has 3 rings (SSSR count). The summed E-state index contributed by atoms with van der Waals surface area (Å²) >= 11 is 0. The number of alkyl halides is 3. The molecule has 1 aromatic heterocycles. The highest BCUT2D eigenvalue weighted by Crippen LogP contribution is 2.29. The molecular formula is C18H23F3N4O3S. The molecule has 1 aromatic carbocycles. The second kappa shape index (κ2) is 8.62. The number of guanidine groups is 1. The van der Waals surface area contributed by atoms with Crippen LogP contribution in [-0.4, -0.2) is 56.9 Å². The smallest absolute Gasteiger partial charge is 0.461 e. The van der Waals surface area contributed by atoms with Crippen molar-refractivity contribution in [3.05, 3.63) is 36.1 Å². The lowest BCUT2D eigenvalue weighted by Gasteiger charge is -2.32. The van der Waals surface area contributed by atoms with Crippen LogP contribution in [0.25, 0.3) is 11.0 Å². The number of halogens is 3. The molecule has 2 aromatic rings. The molecule has 160 valence electrons. The van der Waals surface area contributed by atoms with Crippen molar-refractivity contribution in [1.82, 2.24) is 14.9 Å². The van der Waals surface area contributed by atoms with Gasteiger partial charge in [-0.05, 0) is 25.0 Å². The van der Waals surface area contributed by atoms with Gasteiger partial charge in [0.15, 0.2) is 5.96 Å². The average Bonchev–Trinajstić information content (AvgIpc) is 3.09. The van der Waals surface area contributed by atoms with Crippen molar-refractivity contribution in [2.75, 3.05) is 26.7 Å². The quantitative estimate of drug-likeness (QED) is 0.560.